The Hall–Kier alpha value is -1.93. The fourth-order valence-corrected chi connectivity index (χ4v) is 2.25. The Labute approximate surface area is 121 Å². The fourth-order valence-electron chi connectivity index (χ4n) is 1.56. The van der Waals surface area contributed by atoms with Crippen molar-refractivity contribution in [2.75, 3.05) is 6.26 Å². The molecule has 0 aliphatic heterocycles. The maximum atomic E-state index is 13.0. The molecule has 0 fully saturated rings. The Morgan fingerprint density at radius 2 is 2.20 bits per heavy atom. The van der Waals surface area contributed by atoms with Gasteiger partial charge < -0.3 is 4.74 Å². The molecule has 0 N–H and O–H groups in total. The number of tetrazole rings is 1. The van der Waals surface area contributed by atoms with Gasteiger partial charge in [0.1, 0.15) is 11.6 Å². The van der Waals surface area contributed by atoms with Crippen LogP contribution in [0.15, 0.2) is 29.4 Å². The fraction of sp³-hybridized carbons (Fsp3) is 0.0909. The average molecular weight is 312 g/mol. The summed E-state index contributed by atoms with van der Waals surface area (Å²) < 4.78 is 20.0. The second-order valence-corrected chi connectivity index (χ2v) is 4.89. The Morgan fingerprint density at radius 3 is 2.95 bits per heavy atom. The highest BCUT2D eigenvalue weighted by atomic mass is 35.5. The minimum atomic E-state index is -0.433. The third-order valence-corrected chi connectivity index (χ3v) is 3.35. The van der Waals surface area contributed by atoms with Gasteiger partial charge in [0, 0.05) is 6.07 Å². The van der Waals surface area contributed by atoms with E-state index in [4.69, 9.17) is 16.3 Å². The number of thioether (sulfide) groups is 1. The molecular formula is C11H7ClFN5OS. The van der Waals surface area contributed by atoms with Crippen LogP contribution in [-0.2, 0) is 0 Å². The predicted octanol–water partition coefficient (Wildman–Crippen LogP) is 2.83. The molecule has 1 aromatic carbocycles. The molecule has 2 heterocycles. The zero-order valence-corrected chi connectivity index (χ0v) is 11.7. The maximum absolute atomic E-state index is 13.0. The molecule has 6 nitrogen and oxygen atoms in total. The Morgan fingerprint density at radius 1 is 1.35 bits per heavy atom. The summed E-state index contributed by atoms with van der Waals surface area (Å²) >= 11 is 7.28. The number of benzene rings is 1. The molecule has 0 amide bonds. The van der Waals surface area contributed by atoms with Crippen molar-refractivity contribution in [3.63, 3.8) is 0 Å². The molecule has 2 aromatic heterocycles. The van der Waals surface area contributed by atoms with Crippen LogP contribution in [0.4, 0.5) is 4.39 Å². The van der Waals surface area contributed by atoms with Crippen molar-refractivity contribution in [3.05, 3.63) is 35.1 Å². The van der Waals surface area contributed by atoms with E-state index >= 15 is 0 Å². The molecule has 0 atom stereocenters. The number of ether oxygens (including phenoxy) is 1. The van der Waals surface area contributed by atoms with Gasteiger partial charge in [-0.2, -0.15) is 9.50 Å². The SMILES string of the molecule is CSc1nc(Oc2ccc(F)cc2Cl)cc2nnnn12. The number of hydrogen-bond donors (Lipinski definition) is 0. The smallest absolute Gasteiger partial charge is 0.225 e. The highest BCUT2D eigenvalue weighted by molar-refractivity contribution is 7.98. The van der Waals surface area contributed by atoms with E-state index < -0.39 is 5.82 Å². The van der Waals surface area contributed by atoms with Crippen molar-refractivity contribution in [1.29, 1.82) is 0 Å². The van der Waals surface area contributed by atoms with Gasteiger partial charge in [-0.25, -0.2) is 4.39 Å². The van der Waals surface area contributed by atoms with E-state index in [1.165, 1.54) is 34.5 Å². The topological polar surface area (TPSA) is 65.2 Å². The van der Waals surface area contributed by atoms with Crippen LogP contribution in [0.2, 0.25) is 5.02 Å². The van der Waals surface area contributed by atoms with E-state index in [1.807, 2.05) is 6.26 Å². The van der Waals surface area contributed by atoms with Crippen LogP contribution in [0.3, 0.4) is 0 Å². The van der Waals surface area contributed by atoms with Gasteiger partial charge in [-0.3, -0.25) is 0 Å². The number of nitrogens with zero attached hydrogens (tertiary/aromatic N) is 5. The summed E-state index contributed by atoms with van der Waals surface area (Å²) in [5.74, 6) is 0.159. The second-order valence-electron chi connectivity index (χ2n) is 3.71. The summed E-state index contributed by atoms with van der Waals surface area (Å²) in [6, 6.07) is 5.43. The zero-order chi connectivity index (χ0) is 14.1. The molecule has 0 aliphatic carbocycles. The van der Waals surface area contributed by atoms with Crippen LogP contribution < -0.4 is 4.74 Å². The summed E-state index contributed by atoms with van der Waals surface area (Å²) in [5.41, 5.74) is 0.498. The Bertz CT molecular complexity index is 781. The van der Waals surface area contributed by atoms with Crippen LogP contribution in [0.1, 0.15) is 0 Å². The third kappa shape index (κ3) is 2.39. The first-order valence-corrected chi connectivity index (χ1v) is 7.03. The van der Waals surface area contributed by atoms with Gasteiger partial charge in [0.25, 0.3) is 0 Å². The number of hydrogen-bond acceptors (Lipinski definition) is 6. The summed E-state index contributed by atoms with van der Waals surface area (Å²) in [6.07, 6.45) is 1.85. The minimum Gasteiger partial charge on any atom is -0.437 e. The summed E-state index contributed by atoms with van der Waals surface area (Å²) in [6.45, 7) is 0. The van der Waals surface area contributed by atoms with Gasteiger partial charge in [-0.15, -0.1) is 5.10 Å². The first-order chi connectivity index (χ1) is 9.67. The number of rotatable bonds is 3. The van der Waals surface area contributed by atoms with Crippen LogP contribution in [-0.4, -0.2) is 31.3 Å². The third-order valence-electron chi connectivity index (χ3n) is 2.42. The van der Waals surface area contributed by atoms with E-state index in [1.54, 1.807) is 6.07 Å². The lowest BCUT2D eigenvalue weighted by atomic mass is 10.3. The van der Waals surface area contributed by atoms with Crippen LogP contribution >= 0.6 is 23.4 Å². The Balaban J connectivity index is 2.01. The zero-order valence-electron chi connectivity index (χ0n) is 10.1. The van der Waals surface area contributed by atoms with Crippen molar-refractivity contribution < 1.29 is 9.13 Å². The molecular weight excluding hydrogens is 305 g/mol. The van der Waals surface area contributed by atoms with Crippen molar-refractivity contribution in [2.24, 2.45) is 0 Å². The second kappa shape index (κ2) is 5.22. The molecule has 3 rings (SSSR count). The summed E-state index contributed by atoms with van der Waals surface area (Å²) in [7, 11) is 0. The standard InChI is InChI=1S/C11H7ClFN5OS/c1-20-11-14-10(5-9-15-16-17-18(9)11)19-8-3-2-6(13)4-7(8)12/h2-5H,1H3. The highest BCUT2D eigenvalue weighted by Crippen LogP contribution is 2.30. The molecule has 0 bridgehead atoms. The van der Waals surface area contributed by atoms with E-state index in [-0.39, 0.29) is 10.9 Å². The first kappa shape index (κ1) is 13.1. The van der Waals surface area contributed by atoms with Gasteiger partial charge in [0.15, 0.2) is 10.8 Å². The summed E-state index contributed by atoms with van der Waals surface area (Å²) in [5, 5.41) is 11.9. The lowest BCUT2D eigenvalue weighted by Gasteiger charge is -2.08. The molecule has 0 radical (unpaired) electrons. The highest BCUT2D eigenvalue weighted by Gasteiger charge is 2.11. The van der Waals surface area contributed by atoms with Crippen LogP contribution in [0, 0.1) is 5.82 Å². The largest absolute Gasteiger partial charge is 0.437 e. The van der Waals surface area contributed by atoms with Gasteiger partial charge in [0.2, 0.25) is 5.88 Å². The molecule has 0 saturated heterocycles. The van der Waals surface area contributed by atoms with Gasteiger partial charge in [-0.1, -0.05) is 23.4 Å². The van der Waals surface area contributed by atoms with E-state index in [0.717, 1.165) is 0 Å². The van der Waals surface area contributed by atoms with E-state index in [9.17, 15) is 4.39 Å². The summed E-state index contributed by atoms with van der Waals surface area (Å²) in [4.78, 5) is 4.26. The maximum Gasteiger partial charge on any atom is 0.225 e. The monoisotopic (exact) mass is 311 g/mol. The molecule has 20 heavy (non-hydrogen) atoms. The molecule has 102 valence electrons. The molecule has 0 aliphatic rings. The van der Waals surface area contributed by atoms with Crippen molar-refractivity contribution in [3.8, 4) is 11.6 Å². The molecule has 0 unspecified atom stereocenters. The van der Waals surface area contributed by atoms with Crippen molar-refractivity contribution in [2.45, 2.75) is 5.16 Å². The Kier molecular flexibility index (Phi) is 3.41. The lowest BCUT2D eigenvalue weighted by Crippen LogP contribution is -1.98. The first-order valence-electron chi connectivity index (χ1n) is 5.43. The normalized spacial score (nSPS) is 10.9. The lowest BCUT2D eigenvalue weighted by molar-refractivity contribution is 0.452. The van der Waals surface area contributed by atoms with Gasteiger partial charge in [-0.05, 0) is 34.9 Å². The van der Waals surface area contributed by atoms with E-state index in [0.29, 0.717) is 16.6 Å². The molecule has 0 spiro atoms. The quantitative estimate of drug-likeness (QED) is 0.547. The molecule has 0 saturated carbocycles. The average Bonchev–Trinajstić information content (AvgIpc) is 2.89. The van der Waals surface area contributed by atoms with Crippen molar-refractivity contribution in [1.82, 2.24) is 25.0 Å². The van der Waals surface area contributed by atoms with Crippen LogP contribution in [0.5, 0.6) is 11.6 Å². The van der Waals surface area contributed by atoms with Gasteiger partial charge >= 0.3 is 0 Å². The number of halogens is 2. The van der Waals surface area contributed by atoms with Gasteiger partial charge in [0.05, 0.1) is 5.02 Å². The number of aromatic nitrogens is 5. The van der Waals surface area contributed by atoms with Crippen LogP contribution in [0.25, 0.3) is 5.65 Å². The molecule has 9 heteroatoms. The molecule has 3 aromatic rings. The minimum absolute atomic E-state index is 0.164. The van der Waals surface area contributed by atoms with E-state index in [2.05, 4.69) is 20.5 Å². The predicted molar refractivity (Wildman–Crippen MR) is 71.8 cm³/mol. The van der Waals surface area contributed by atoms with Crippen molar-refractivity contribution >= 4 is 29.0 Å². The number of fused-ring (bicyclic) bond motifs is 1.